The molecule has 0 fully saturated rings. The number of ether oxygens (including phenoxy) is 1. The van der Waals surface area contributed by atoms with Crippen molar-refractivity contribution in [3.8, 4) is 45.0 Å². The molecule has 0 spiro atoms. The average molecular weight is 377 g/mol. The Balaban J connectivity index is 1.73. The van der Waals surface area contributed by atoms with Crippen molar-refractivity contribution in [2.75, 3.05) is 0 Å². The molecule has 1 aromatic heterocycles. The van der Waals surface area contributed by atoms with Gasteiger partial charge in [-0.1, -0.05) is 55.8 Å². The van der Waals surface area contributed by atoms with E-state index in [9.17, 15) is 0 Å². The zero-order valence-electron chi connectivity index (χ0n) is 16.9. The lowest BCUT2D eigenvalue weighted by Crippen LogP contribution is -1.92. The summed E-state index contributed by atoms with van der Waals surface area (Å²) in [7, 11) is 0. The average Bonchev–Trinajstić information content (AvgIpc) is 2.87. The zero-order chi connectivity index (χ0) is 20.0. The van der Waals surface area contributed by atoms with Crippen LogP contribution in [0, 0.1) is 6.92 Å². The van der Waals surface area contributed by atoms with Crippen LogP contribution in [0.2, 0.25) is 0 Å². The standard InChI is InChI=1S/C27H23NO/c1-17(2)19-12-13-28-25(16-19)20-9-11-27-24(15-20)21-10-8-18(3)14-23(21)22-6-4-5-7-26(22)29-27/h4-17H,1-3H3. The highest BCUT2D eigenvalue weighted by Gasteiger charge is 2.21. The van der Waals surface area contributed by atoms with E-state index in [4.69, 9.17) is 4.74 Å². The zero-order valence-corrected chi connectivity index (χ0v) is 16.9. The number of nitrogens with zero attached hydrogens (tertiary/aromatic N) is 1. The van der Waals surface area contributed by atoms with Gasteiger partial charge in [0.1, 0.15) is 11.5 Å². The summed E-state index contributed by atoms with van der Waals surface area (Å²) in [4.78, 5) is 4.63. The highest BCUT2D eigenvalue weighted by molar-refractivity contribution is 5.92. The SMILES string of the molecule is Cc1ccc2c(c1)-c1ccccc1Oc1ccc(-c3cc(C(C)C)ccn3)cc1-2. The van der Waals surface area contributed by atoms with Crippen molar-refractivity contribution in [2.45, 2.75) is 26.7 Å². The van der Waals surface area contributed by atoms with Gasteiger partial charge in [0.25, 0.3) is 0 Å². The minimum absolute atomic E-state index is 0.471. The van der Waals surface area contributed by atoms with E-state index in [0.717, 1.165) is 33.9 Å². The predicted octanol–water partition coefficient (Wildman–Crippen LogP) is 7.62. The highest BCUT2D eigenvalue weighted by atomic mass is 16.5. The van der Waals surface area contributed by atoms with Gasteiger partial charge in [0.05, 0.1) is 5.69 Å². The summed E-state index contributed by atoms with van der Waals surface area (Å²) in [6.45, 7) is 6.55. The maximum absolute atomic E-state index is 6.36. The molecule has 1 aliphatic heterocycles. The number of pyridine rings is 1. The van der Waals surface area contributed by atoms with Crippen LogP contribution in [-0.4, -0.2) is 4.98 Å². The molecule has 4 aromatic rings. The summed E-state index contributed by atoms with van der Waals surface area (Å²) < 4.78 is 6.36. The lowest BCUT2D eigenvalue weighted by Gasteiger charge is -2.12. The molecule has 0 radical (unpaired) electrons. The van der Waals surface area contributed by atoms with E-state index in [2.05, 4.69) is 86.4 Å². The van der Waals surface area contributed by atoms with Crippen molar-refractivity contribution in [1.29, 1.82) is 0 Å². The van der Waals surface area contributed by atoms with E-state index >= 15 is 0 Å². The fourth-order valence-corrected chi connectivity index (χ4v) is 3.97. The van der Waals surface area contributed by atoms with Gasteiger partial charge in [0, 0.05) is 22.9 Å². The number of aryl methyl sites for hydroxylation is 1. The van der Waals surface area contributed by atoms with Crippen molar-refractivity contribution in [1.82, 2.24) is 4.98 Å². The third-order valence-electron chi connectivity index (χ3n) is 5.59. The first-order valence-electron chi connectivity index (χ1n) is 10.1. The Morgan fingerprint density at radius 2 is 1.55 bits per heavy atom. The minimum atomic E-state index is 0.471. The van der Waals surface area contributed by atoms with E-state index in [1.165, 1.54) is 22.3 Å². The minimum Gasteiger partial charge on any atom is -0.456 e. The molecule has 1 aliphatic rings. The first-order chi connectivity index (χ1) is 14.1. The van der Waals surface area contributed by atoms with Crippen LogP contribution in [0.5, 0.6) is 11.5 Å². The number of aromatic nitrogens is 1. The van der Waals surface area contributed by atoms with E-state index in [0.29, 0.717) is 5.92 Å². The second-order valence-electron chi connectivity index (χ2n) is 7.99. The van der Waals surface area contributed by atoms with Crippen molar-refractivity contribution >= 4 is 0 Å². The normalized spacial score (nSPS) is 11.9. The Morgan fingerprint density at radius 1 is 0.724 bits per heavy atom. The van der Waals surface area contributed by atoms with Crippen LogP contribution in [0.1, 0.15) is 30.9 Å². The van der Waals surface area contributed by atoms with Crippen LogP contribution in [-0.2, 0) is 0 Å². The summed E-state index contributed by atoms with van der Waals surface area (Å²) >= 11 is 0. The highest BCUT2D eigenvalue weighted by Crippen LogP contribution is 2.47. The van der Waals surface area contributed by atoms with Crippen LogP contribution in [0.25, 0.3) is 33.5 Å². The molecular weight excluding hydrogens is 354 g/mol. The Bertz CT molecular complexity index is 1220. The molecule has 29 heavy (non-hydrogen) atoms. The molecule has 0 unspecified atom stereocenters. The number of hydrogen-bond acceptors (Lipinski definition) is 2. The molecule has 0 atom stereocenters. The van der Waals surface area contributed by atoms with Crippen molar-refractivity contribution < 1.29 is 4.74 Å². The first kappa shape index (κ1) is 17.7. The molecule has 5 rings (SSSR count). The summed E-state index contributed by atoms with van der Waals surface area (Å²) in [6, 6.07) is 25.5. The van der Waals surface area contributed by atoms with Crippen molar-refractivity contribution in [2.24, 2.45) is 0 Å². The van der Waals surface area contributed by atoms with Gasteiger partial charge in [-0.2, -0.15) is 0 Å². The Hall–Kier alpha value is -3.39. The maximum atomic E-state index is 6.36. The summed E-state index contributed by atoms with van der Waals surface area (Å²) in [6.07, 6.45) is 1.90. The first-order valence-corrected chi connectivity index (χ1v) is 10.1. The monoisotopic (exact) mass is 377 g/mol. The maximum Gasteiger partial charge on any atom is 0.135 e. The second-order valence-corrected chi connectivity index (χ2v) is 7.99. The lowest BCUT2D eigenvalue weighted by molar-refractivity contribution is 0.488. The predicted molar refractivity (Wildman–Crippen MR) is 119 cm³/mol. The van der Waals surface area contributed by atoms with Crippen LogP contribution < -0.4 is 4.74 Å². The van der Waals surface area contributed by atoms with Gasteiger partial charge in [-0.25, -0.2) is 0 Å². The van der Waals surface area contributed by atoms with Crippen LogP contribution in [0.4, 0.5) is 0 Å². The van der Waals surface area contributed by atoms with E-state index in [1.54, 1.807) is 0 Å². The lowest BCUT2D eigenvalue weighted by atomic mass is 9.92. The van der Waals surface area contributed by atoms with E-state index in [1.807, 2.05) is 18.3 Å². The van der Waals surface area contributed by atoms with Crippen LogP contribution in [0.3, 0.4) is 0 Å². The molecule has 2 heterocycles. The van der Waals surface area contributed by atoms with Crippen molar-refractivity contribution in [3.63, 3.8) is 0 Å². The summed E-state index contributed by atoms with van der Waals surface area (Å²) in [5.74, 6) is 2.24. The topological polar surface area (TPSA) is 22.1 Å². The number of rotatable bonds is 2. The molecule has 2 nitrogen and oxygen atoms in total. The Morgan fingerprint density at radius 3 is 2.41 bits per heavy atom. The fourth-order valence-electron chi connectivity index (χ4n) is 3.97. The van der Waals surface area contributed by atoms with E-state index in [-0.39, 0.29) is 0 Å². The molecule has 0 amide bonds. The van der Waals surface area contributed by atoms with Gasteiger partial charge in [-0.15, -0.1) is 0 Å². The Labute approximate surface area is 171 Å². The molecule has 3 aromatic carbocycles. The number of hydrogen-bond donors (Lipinski definition) is 0. The smallest absolute Gasteiger partial charge is 0.135 e. The largest absolute Gasteiger partial charge is 0.456 e. The molecule has 0 saturated heterocycles. The fraction of sp³-hybridized carbons (Fsp3) is 0.148. The van der Waals surface area contributed by atoms with Gasteiger partial charge < -0.3 is 4.74 Å². The molecule has 0 bridgehead atoms. The van der Waals surface area contributed by atoms with E-state index < -0.39 is 0 Å². The third-order valence-corrected chi connectivity index (χ3v) is 5.59. The van der Waals surface area contributed by atoms with Crippen LogP contribution in [0.15, 0.2) is 79.0 Å². The molecule has 0 N–H and O–H groups in total. The van der Waals surface area contributed by atoms with Gasteiger partial charge in [-0.05, 0) is 65.9 Å². The summed E-state index contributed by atoms with van der Waals surface area (Å²) in [5, 5.41) is 0. The number of fused-ring (bicyclic) bond motifs is 5. The van der Waals surface area contributed by atoms with Gasteiger partial charge in [0.15, 0.2) is 0 Å². The van der Waals surface area contributed by atoms with Crippen LogP contribution >= 0.6 is 0 Å². The molecule has 0 saturated carbocycles. The molecular formula is C27H23NO. The van der Waals surface area contributed by atoms with Crippen molar-refractivity contribution in [3.05, 3.63) is 90.1 Å². The van der Waals surface area contributed by atoms with Gasteiger partial charge >= 0.3 is 0 Å². The quantitative estimate of drug-likeness (QED) is 0.316. The third kappa shape index (κ3) is 3.11. The number of para-hydroxylation sites is 1. The van der Waals surface area contributed by atoms with Gasteiger partial charge in [0.2, 0.25) is 0 Å². The van der Waals surface area contributed by atoms with Gasteiger partial charge in [-0.3, -0.25) is 4.98 Å². The molecule has 0 aliphatic carbocycles. The molecule has 142 valence electrons. The second kappa shape index (κ2) is 6.89. The molecule has 2 heteroatoms. The Kier molecular flexibility index (Phi) is 4.21. The number of benzene rings is 3. The summed E-state index contributed by atoms with van der Waals surface area (Å²) in [5.41, 5.74) is 9.27.